The summed E-state index contributed by atoms with van der Waals surface area (Å²) in [6, 6.07) is 10.2. The van der Waals surface area contributed by atoms with Gasteiger partial charge in [0.15, 0.2) is 0 Å². The van der Waals surface area contributed by atoms with Gasteiger partial charge in [-0.3, -0.25) is 0 Å². The largest absolute Gasteiger partial charge is 0.497 e. The van der Waals surface area contributed by atoms with Crippen molar-refractivity contribution in [3.05, 3.63) is 47.7 Å². The Hall–Kier alpha value is -1.83. The molecule has 114 valence electrons. The average molecular weight is 310 g/mol. The summed E-state index contributed by atoms with van der Waals surface area (Å²) in [5.41, 5.74) is 0.835. The van der Waals surface area contributed by atoms with Gasteiger partial charge in [0.2, 0.25) is 5.09 Å². The molecule has 0 spiro atoms. The summed E-state index contributed by atoms with van der Waals surface area (Å²) >= 11 is 0. The Kier molecular flexibility index (Phi) is 5.00. The van der Waals surface area contributed by atoms with Crippen molar-refractivity contribution < 1.29 is 17.6 Å². The lowest BCUT2D eigenvalue weighted by atomic mass is 10.2. The minimum atomic E-state index is -3.65. The van der Waals surface area contributed by atoms with E-state index < -0.39 is 10.0 Å². The number of hydrogen-bond donors (Lipinski definition) is 2. The van der Waals surface area contributed by atoms with Crippen LogP contribution in [0, 0.1) is 0 Å². The molecule has 0 aliphatic rings. The molecule has 2 aromatic rings. The van der Waals surface area contributed by atoms with Gasteiger partial charge in [0, 0.05) is 6.54 Å². The number of furan rings is 1. The SMILES string of the molecule is CNCc1ccc(S(=O)(=O)NCc2ccc(OC)cc2)o1. The Labute approximate surface area is 124 Å². The second kappa shape index (κ2) is 6.75. The van der Waals surface area contributed by atoms with E-state index in [2.05, 4.69) is 10.0 Å². The van der Waals surface area contributed by atoms with Gasteiger partial charge in [0.25, 0.3) is 10.0 Å². The molecule has 1 aromatic heterocycles. The summed E-state index contributed by atoms with van der Waals surface area (Å²) < 4.78 is 37.0. The van der Waals surface area contributed by atoms with Crippen LogP contribution in [0.25, 0.3) is 0 Å². The first kappa shape index (κ1) is 15.6. The number of ether oxygens (including phenoxy) is 1. The van der Waals surface area contributed by atoms with Crippen molar-refractivity contribution in [2.45, 2.75) is 18.2 Å². The monoisotopic (exact) mass is 310 g/mol. The number of rotatable bonds is 7. The van der Waals surface area contributed by atoms with Crippen LogP contribution in [0.3, 0.4) is 0 Å². The van der Waals surface area contributed by atoms with Gasteiger partial charge in [-0.25, -0.2) is 13.1 Å². The number of hydrogen-bond acceptors (Lipinski definition) is 5. The topological polar surface area (TPSA) is 80.6 Å². The lowest BCUT2D eigenvalue weighted by molar-refractivity contribution is 0.404. The Morgan fingerprint density at radius 1 is 1.10 bits per heavy atom. The van der Waals surface area contributed by atoms with Crippen LogP contribution in [-0.4, -0.2) is 22.6 Å². The van der Waals surface area contributed by atoms with Crippen molar-refractivity contribution in [3.63, 3.8) is 0 Å². The van der Waals surface area contributed by atoms with Gasteiger partial charge in [-0.1, -0.05) is 12.1 Å². The van der Waals surface area contributed by atoms with E-state index in [9.17, 15) is 8.42 Å². The summed E-state index contributed by atoms with van der Waals surface area (Å²) in [5, 5.41) is 2.81. The van der Waals surface area contributed by atoms with Gasteiger partial charge in [-0.05, 0) is 36.9 Å². The highest BCUT2D eigenvalue weighted by atomic mass is 32.2. The quantitative estimate of drug-likeness (QED) is 0.810. The highest BCUT2D eigenvalue weighted by molar-refractivity contribution is 7.89. The zero-order valence-corrected chi connectivity index (χ0v) is 12.7. The molecule has 0 unspecified atom stereocenters. The van der Waals surface area contributed by atoms with Gasteiger partial charge in [0.1, 0.15) is 11.5 Å². The molecule has 0 saturated carbocycles. The summed E-state index contributed by atoms with van der Waals surface area (Å²) in [5.74, 6) is 1.30. The Morgan fingerprint density at radius 3 is 2.43 bits per heavy atom. The Balaban J connectivity index is 2.02. The van der Waals surface area contributed by atoms with Crippen LogP contribution in [0.4, 0.5) is 0 Å². The summed E-state index contributed by atoms with van der Waals surface area (Å²) in [7, 11) is -0.304. The van der Waals surface area contributed by atoms with Gasteiger partial charge in [-0.15, -0.1) is 0 Å². The maximum absolute atomic E-state index is 12.1. The van der Waals surface area contributed by atoms with Crippen LogP contribution < -0.4 is 14.8 Å². The summed E-state index contributed by atoms with van der Waals surface area (Å²) in [6.07, 6.45) is 0. The zero-order valence-electron chi connectivity index (χ0n) is 11.9. The first-order chi connectivity index (χ1) is 10.0. The first-order valence-electron chi connectivity index (χ1n) is 6.41. The van der Waals surface area contributed by atoms with Gasteiger partial charge < -0.3 is 14.5 Å². The number of benzene rings is 1. The smallest absolute Gasteiger partial charge is 0.274 e. The van der Waals surface area contributed by atoms with Crippen LogP contribution in [0.2, 0.25) is 0 Å². The van der Waals surface area contributed by atoms with Crippen molar-refractivity contribution in [3.8, 4) is 5.75 Å². The molecule has 0 amide bonds. The molecule has 1 heterocycles. The fraction of sp³-hybridized carbons (Fsp3) is 0.286. The Bertz CT molecular complexity index is 677. The van der Waals surface area contributed by atoms with E-state index in [1.165, 1.54) is 6.07 Å². The fourth-order valence-corrected chi connectivity index (χ4v) is 2.73. The number of sulfonamides is 1. The molecule has 0 radical (unpaired) electrons. The third kappa shape index (κ3) is 4.07. The molecule has 0 aliphatic carbocycles. The molecular weight excluding hydrogens is 292 g/mol. The second-order valence-corrected chi connectivity index (χ2v) is 6.12. The highest BCUT2D eigenvalue weighted by Crippen LogP contribution is 2.15. The van der Waals surface area contributed by atoms with Crippen LogP contribution in [0.1, 0.15) is 11.3 Å². The molecule has 0 aliphatic heterocycles. The van der Waals surface area contributed by atoms with E-state index in [1.807, 2.05) is 0 Å². The van der Waals surface area contributed by atoms with Crippen molar-refractivity contribution >= 4 is 10.0 Å². The zero-order chi connectivity index (χ0) is 15.3. The van der Waals surface area contributed by atoms with Gasteiger partial charge >= 0.3 is 0 Å². The van der Waals surface area contributed by atoms with E-state index in [4.69, 9.17) is 9.15 Å². The minimum absolute atomic E-state index is 0.0822. The van der Waals surface area contributed by atoms with Crippen LogP contribution >= 0.6 is 0 Å². The predicted molar refractivity (Wildman–Crippen MR) is 78.5 cm³/mol. The summed E-state index contributed by atoms with van der Waals surface area (Å²) in [4.78, 5) is 0. The average Bonchev–Trinajstić information content (AvgIpc) is 2.96. The molecular formula is C14H18N2O4S. The molecule has 0 atom stereocenters. The fourth-order valence-electron chi connectivity index (χ4n) is 1.76. The molecule has 7 heteroatoms. The van der Waals surface area contributed by atoms with Gasteiger partial charge in [0.05, 0.1) is 13.7 Å². The molecule has 1 aromatic carbocycles. The lowest BCUT2D eigenvalue weighted by Gasteiger charge is -2.05. The molecule has 2 rings (SSSR count). The van der Waals surface area contributed by atoms with Crippen LogP contribution in [0.5, 0.6) is 5.75 Å². The third-order valence-electron chi connectivity index (χ3n) is 2.88. The van der Waals surface area contributed by atoms with Crippen LogP contribution in [-0.2, 0) is 23.1 Å². The summed E-state index contributed by atoms with van der Waals surface area (Å²) in [6.45, 7) is 0.669. The number of methoxy groups -OCH3 is 1. The molecule has 21 heavy (non-hydrogen) atoms. The van der Waals surface area contributed by atoms with E-state index in [0.717, 1.165) is 11.3 Å². The van der Waals surface area contributed by atoms with E-state index in [-0.39, 0.29) is 11.6 Å². The molecule has 0 fully saturated rings. The lowest BCUT2D eigenvalue weighted by Crippen LogP contribution is -2.22. The predicted octanol–water partition coefficient (Wildman–Crippen LogP) is 1.49. The molecule has 0 saturated heterocycles. The second-order valence-electron chi connectivity index (χ2n) is 4.42. The highest BCUT2D eigenvalue weighted by Gasteiger charge is 2.18. The molecule has 0 bridgehead atoms. The van der Waals surface area contributed by atoms with E-state index in [0.29, 0.717) is 12.3 Å². The van der Waals surface area contributed by atoms with E-state index >= 15 is 0 Å². The maximum atomic E-state index is 12.1. The van der Waals surface area contributed by atoms with E-state index in [1.54, 1.807) is 44.5 Å². The standard InChI is InChI=1S/C14H18N2O4S/c1-15-10-13-7-8-14(20-13)21(17,18)16-9-11-3-5-12(19-2)6-4-11/h3-8,15-16H,9-10H2,1-2H3. The van der Waals surface area contributed by atoms with Crippen LogP contribution in [0.15, 0.2) is 45.9 Å². The van der Waals surface area contributed by atoms with Crippen molar-refractivity contribution in [2.75, 3.05) is 14.2 Å². The molecule has 6 nitrogen and oxygen atoms in total. The molecule has 2 N–H and O–H groups in total. The van der Waals surface area contributed by atoms with Gasteiger partial charge in [-0.2, -0.15) is 0 Å². The minimum Gasteiger partial charge on any atom is -0.497 e. The van der Waals surface area contributed by atoms with Crippen molar-refractivity contribution in [2.24, 2.45) is 0 Å². The maximum Gasteiger partial charge on any atom is 0.274 e. The van der Waals surface area contributed by atoms with Crippen molar-refractivity contribution in [1.29, 1.82) is 0 Å². The normalized spacial score (nSPS) is 11.5. The van der Waals surface area contributed by atoms with Crippen molar-refractivity contribution in [1.82, 2.24) is 10.0 Å². The number of nitrogens with one attached hydrogen (secondary N) is 2. The Morgan fingerprint density at radius 2 is 1.81 bits per heavy atom. The first-order valence-corrected chi connectivity index (χ1v) is 7.89. The third-order valence-corrected chi connectivity index (χ3v) is 4.15.